The van der Waals surface area contributed by atoms with Crippen LogP contribution in [-0.4, -0.2) is 42.9 Å². The fourth-order valence-corrected chi connectivity index (χ4v) is 2.71. The lowest BCUT2D eigenvalue weighted by molar-refractivity contribution is 0.0948. The first-order valence-electron chi connectivity index (χ1n) is 6.79. The summed E-state index contributed by atoms with van der Waals surface area (Å²) in [6.07, 6.45) is 2.39. The van der Waals surface area contributed by atoms with Gasteiger partial charge in [-0.15, -0.1) is 0 Å². The van der Waals surface area contributed by atoms with E-state index >= 15 is 0 Å². The molecule has 0 saturated heterocycles. The highest BCUT2D eigenvalue weighted by molar-refractivity contribution is 6.02. The maximum absolute atomic E-state index is 9.74. The van der Waals surface area contributed by atoms with Gasteiger partial charge in [0.05, 0.1) is 25.5 Å². The molecule has 20 heavy (non-hydrogen) atoms. The summed E-state index contributed by atoms with van der Waals surface area (Å²) >= 11 is 0. The summed E-state index contributed by atoms with van der Waals surface area (Å²) in [5.74, 6) is 0.745. The first kappa shape index (κ1) is 14.8. The number of nitrogens with zero attached hydrogens (tertiary/aromatic N) is 1. The molecule has 0 aromatic heterocycles. The zero-order chi connectivity index (χ0) is 14.5. The molecule has 0 bridgehead atoms. The van der Waals surface area contributed by atoms with E-state index in [-0.39, 0.29) is 6.61 Å². The predicted molar refractivity (Wildman–Crippen MR) is 76.3 cm³/mol. The van der Waals surface area contributed by atoms with Crippen molar-refractivity contribution < 1.29 is 19.8 Å². The summed E-state index contributed by atoms with van der Waals surface area (Å²) in [7, 11) is 3.16. The van der Waals surface area contributed by atoms with Crippen molar-refractivity contribution in [2.75, 3.05) is 20.8 Å². The average molecular weight is 279 g/mol. The summed E-state index contributed by atoms with van der Waals surface area (Å²) in [5.41, 5.74) is 4.07. The van der Waals surface area contributed by atoms with E-state index in [1.54, 1.807) is 14.2 Å². The minimum Gasteiger partial charge on any atom is -0.496 e. The molecule has 2 N–H and O–H groups in total. The number of aliphatic hydroxyl groups excluding tert-OH is 2. The van der Waals surface area contributed by atoms with E-state index in [1.807, 2.05) is 12.1 Å². The topological polar surface area (TPSA) is 71.3 Å². The predicted octanol–water partition coefficient (Wildman–Crippen LogP) is 1.28. The van der Waals surface area contributed by atoms with Crippen molar-refractivity contribution in [3.63, 3.8) is 0 Å². The number of benzene rings is 1. The molecule has 1 atom stereocenters. The number of methoxy groups -OCH3 is 1. The average Bonchev–Trinajstić information content (AvgIpc) is 2.48. The molecular weight excluding hydrogens is 258 g/mol. The zero-order valence-electron chi connectivity index (χ0n) is 11.9. The van der Waals surface area contributed by atoms with E-state index in [0.717, 1.165) is 47.4 Å². The van der Waals surface area contributed by atoms with Gasteiger partial charge in [-0.05, 0) is 37.0 Å². The van der Waals surface area contributed by atoms with Crippen LogP contribution >= 0.6 is 0 Å². The van der Waals surface area contributed by atoms with Gasteiger partial charge in [-0.1, -0.05) is 5.16 Å². The first-order valence-corrected chi connectivity index (χ1v) is 6.79. The fraction of sp³-hybridized carbons (Fsp3) is 0.533. The summed E-state index contributed by atoms with van der Waals surface area (Å²) in [5, 5.41) is 22.9. The third kappa shape index (κ3) is 2.94. The molecule has 0 radical (unpaired) electrons. The molecule has 1 aromatic rings. The SMILES string of the molecule is CO/N=C1\CCCc2c1ccc(OC)c2CC(O)CO. The Morgan fingerprint density at radius 2 is 2.10 bits per heavy atom. The normalized spacial score (nSPS) is 17.7. The lowest BCUT2D eigenvalue weighted by atomic mass is 9.85. The summed E-state index contributed by atoms with van der Waals surface area (Å²) in [6.45, 7) is -0.258. The van der Waals surface area contributed by atoms with Crippen molar-refractivity contribution in [1.29, 1.82) is 0 Å². The van der Waals surface area contributed by atoms with Crippen molar-refractivity contribution >= 4 is 5.71 Å². The molecule has 0 fully saturated rings. The van der Waals surface area contributed by atoms with E-state index in [2.05, 4.69) is 5.16 Å². The Bertz CT molecular complexity index is 499. The number of oxime groups is 1. The Labute approximate surface area is 118 Å². The minimum absolute atomic E-state index is 0.258. The summed E-state index contributed by atoms with van der Waals surface area (Å²) in [4.78, 5) is 4.90. The number of aliphatic hydroxyl groups is 2. The van der Waals surface area contributed by atoms with Crippen LogP contribution in [0.3, 0.4) is 0 Å². The number of hydrogen-bond acceptors (Lipinski definition) is 5. The standard InChI is InChI=1S/C15H21NO4/c1-19-15-7-6-12-11(13(15)8-10(18)9-17)4-3-5-14(12)16-20-2/h6-7,10,17-18H,3-5,8-9H2,1-2H3/b16-14+. The van der Waals surface area contributed by atoms with Gasteiger partial charge >= 0.3 is 0 Å². The van der Waals surface area contributed by atoms with Crippen molar-refractivity contribution in [3.8, 4) is 5.75 Å². The van der Waals surface area contributed by atoms with Crippen LogP contribution in [0.15, 0.2) is 17.3 Å². The molecule has 1 aliphatic carbocycles. The molecular formula is C15H21NO4. The number of hydrogen-bond donors (Lipinski definition) is 2. The van der Waals surface area contributed by atoms with Crippen LogP contribution < -0.4 is 4.74 Å². The number of ether oxygens (including phenoxy) is 1. The first-order chi connectivity index (χ1) is 9.71. The van der Waals surface area contributed by atoms with Crippen LogP contribution in [0.25, 0.3) is 0 Å². The van der Waals surface area contributed by atoms with E-state index in [9.17, 15) is 5.11 Å². The van der Waals surface area contributed by atoms with Gasteiger partial charge in [-0.2, -0.15) is 0 Å². The molecule has 0 amide bonds. The fourth-order valence-electron chi connectivity index (χ4n) is 2.71. The van der Waals surface area contributed by atoms with Gasteiger partial charge in [-0.25, -0.2) is 0 Å². The van der Waals surface area contributed by atoms with Gasteiger partial charge in [-0.3, -0.25) is 0 Å². The molecule has 1 aliphatic rings. The van der Waals surface area contributed by atoms with E-state index < -0.39 is 6.10 Å². The van der Waals surface area contributed by atoms with Gasteiger partial charge in [0.15, 0.2) is 0 Å². The van der Waals surface area contributed by atoms with Gasteiger partial charge in [0.2, 0.25) is 0 Å². The van der Waals surface area contributed by atoms with Crippen molar-refractivity contribution in [3.05, 3.63) is 28.8 Å². The lowest BCUT2D eigenvalue weighted by Gasteiger charge is -2.23. The number of rotatable bonds is 5. The Hall–Kier alpha value is -1.59. The van der Waals surface area contributed by atoms with Crippen molar-refractivity contribution in [1.82, 2.24) is 0 Å². The van der Waals surface area contributed by atoms with E-state index in [0.29, 0.717) is 6.42 Å². The van der Waals surface area contributed by atoms with Crippen LogP contribution in [0.2, 0.25) is 0 Å². The third-order valence-electron chi connectivity index (χ3n) is 3.61. The largest absolute Gasteiger partial charge is 0.496 e. The van der Waals surface area contributed by atoms with Gasteiger partial charge in [0.1, 0.15) is 12.9 Å². The second-order valence-electron chi connectivity index (χ2n) is 4.89. The molecule has 110 valence electrons. The highest BCUT2D eigenvalue weighted by atomic mass is 16.6. The molecule has 5 heteroatoms. The van der Waals surface area contributed by atoms with Crippen molar-refractivity contribution in [2.45, 2.75) is 31.8 Å². The van der Waals surface area contributed by atoms with Crippen LogP contribution in [0.4, 0.5) is 0 Å². The maximum Gasteiger partial charge on any atom is 0.122 e. The second kappa shape index (κ2) is 6.72. The molecule has 2 rings (SSSR count). The zero-order valence-corrected chi connectivity index (χ0v) is 11.9. The van der Waals surface area contributed by atoms with E-state index in [4.69, 9.17) is 14.7 Å². The molecule has 0 heterocycles. The van der Waals surface area contributed by atoms with Crippen LogP contribution in [0, 0.1) is 0 Å². The van der Waals surface area contributed by atoms with E-state index in [1.165, 1.54) is 0 Å². The summed E-state index contributed by atoms with van der Waals surface area (Å²) in [6, 6.07) is 3.87. The highest BCUT2D eigenvalue weighted by Crippen LogP contribution is 2.32. The Kier molecular flexibility index (Phi) is 4.98. The van der Waals surface area contributed by atoms with Crippen LogP contribution in [0.1, 0.15) is 29.5 Å². The Morgan fingerprint density at radius 1 is 1.30 bits per heavy atom. The Morgan fingerprint density at radius 3 is 2.75 bits per heavy atom. The molecule has 1 unspecified atom stereocenters. The van der Waals surface area contributed by atoms with Gasteiger partial charge in [0.25, 0.3) is 0 Å². The van der Waals surface area contributed by atoms with Gasteiger partial charge in [0, 0.05) is 17.5 Å². The maximum atomic E-state index is 9.74. The second-order valence-corrected chi connectivity index (χ2v) is 4.89. The summed E-state index contributed by atoms with van der Waals surface area (Å²) < 4.78 is 5.39. The number of fused-ring (bicyclic) bond motifs is 1. The smallest absolute Gasteiger partial charge is 0.122 e. The van der Waals surface area contributed by atoms with Gasteiger partial charge < -0.3 is 19.8 Å². The lowest BCUT2D eigenvalue weighted by Crippen LogP contribution is -2.20. The molecule has 0 aliphatic heterocycles. The van der Waals surface area contributed by atoms with Crippen LogP contribution in [-0.2, 0) is 17.7 Å². The molecule has 0 saturated carbocycles. The molecule has 1 aromatic carbocycles. The minimum atomic E-state index is -0.778. The molecule has 0 spiro atoms. The monoisotopic (exact) mass is 279 g/mol. The van der Waals surface area contributed by atoms with Crippen LogP contribution in [0.5, 0.6) is 5.75 Å². The third-order valence-corrected chi connectivity index (χ3v) is 3.61. The highest BCUT2D eigenvalue weighted by Gasteiger charge is 2.23. The quantitative estimate of drug-likeness (QED) is 0.796. The molecule has 5 nitrogen and oxygen atoms in total. The van der Waals surface area contributed by atoms with Crippen molar-refractivity contribution in [2.24, 2.45) is 5.16 Å². The Balaban J connectivity index is 2.48.